The molecule has 25 heavy (non-hydrogen) atoms. The molecule has 6 nitrogen and oxygen atoms in total. The minimum Gasteiger partial charge on any atom is -0.381 e. The van der Waals surface area contributed by atoms with Gasteiger partial charge in [-0.1, -0.05) is 18.6 Å². The van der Waals surface area contributed by atoms with Crippen LogP contribution in [0.1, 0.15) is 32.1 Å². The standard InChI is InChI=1S/C19H26N4O2/c24-17-15-6-2-3-7-16(15)21-18(22-17)20-14-19(8-12-25-13-9-19)23-10-4-1-5-11-23/h2-3,6-7H,1,4-5,8-14H2,(H2,20,21,22,24). The summed E-state index contributed by atoms with van der Waals surface area (Å²) in [6.45, 7) is 4.71. The van der Waals surface area contributed by atoms with Gasteiger partial charge in [0.2, 0.25) is 5.95 Å². The summed E-state index contributed by atoms with van der Waals surface area (Å²) in [4.78, 5) is 22.4. The second-order valence-electron chi connectivity index (χ2n) is 7.17. The van der Waals surface area contributed by atoms with Crippen molar-refractivity contribution in [3.05, 3.63) is 34.6 Å². The number of fused-ring (bicyclic) bond motifs is 1. The molecule has 0 saturated carbocycles. The van der Waals surface area contributed by atoms with Gasteiger partial charge < -0.3 is 10.1 Å². The minimum atomic E-state index is -0.0906. The normalized spacial score (nSPS) is 21.3. The number of H-pyrrole nitrogens is 1. The molecule has 0 amide bonds. The predicted octanol–water partition coefficient (Wildman–Crippen LogP) is 2.37. The molecule has 1 aromatic heterocycles. The minimum absolute atomic E-state index is 0.0906. The maximum Gasteiger partial charge on any atom is 0.260 e. The zero-order valence-corrected chi connectivity index (χ0v) is 14.6. The van der Waals surface area contributed by atoms with E-state index in [4.69, 9.17) is 4.74 Å². The van der Waals surface area contributed by atoms with E-state index >= 15 is 0 Å². The van der Waals surface area contributed by atoms with E-state index in [-0.39, 0.29) is 11.1 Å². The number of nitrogens with zero attached hydrogens (tertiary/aromatic N) is 2. The van der Waals surface area contributed by atoms with Crippen LogP contribution in [0.25, 0.3) is 10.9 Å². The van der Waals surface area contributed by atoms with E-state index in [2.05, 4.69) is 20.2 Å². The van der Waals surface area contributed by atoms with Crippen molar-refractivity contribution in [3.63, 3.8) is 0 Å². The molecule has 0 spiro atoms. The average Bonchev–Trinajstić information content (AvgIpc) is 2.68. The van der Waals surface area contributed by atoms with Crippen molar-refractivity contribution in [2.24, 2.45) is 0 Å². The first-order chi connectivity index (χ1) is 12.3. The molecule has 0 radical (unpaired) electrons. The van der Waals surface area contributed by atoms with Gasteiger partial charge in [-0.2, -0.15) is 0 Å². The van der Waals surface area contributed by atoms with E-state index in [1.807, 2.05) is 18.2 Å². The number of para-hydroxylation sites is 1. The van der Waals surface area contributed by atoms with Gasteiger partial charge in [0, 0.05) is 25.3 Å². The molecule has 2 aromatic rings. The van der Waals surface area contributed by atoms with Crippen LogP contribution in [0.4, 0.5) is 5.95 Å². The summed E-state index contributed by atoms with van der Waals surface area (Å²) in [6.07, 6.45) is 5.92. The summed E-state index contributed by atoms with van der Waals surface area (Å²) < 4.78 is 5.62. The number of hydrogen-bond donors (Lipinski definition) is 2. The Morgan fingerprint density at radius 2 is 1.92 bits per heavy atom. The van der Waals surface area contributed by atoms with Crippen molar-refractivity contribution in [2.75, 3.05) is 38.2 Å². The molecular weight excluding hydrogens is 316 g/mol. The molecule has 3 heterocycles. The van der Waals surface area contributed by atoms with E-state index in [0.29, 0.717) is 11.3 Å². The van der Waals surface area contributed by atoms with Crippen LogP contribution >= 0.6 is 0 Å². The smallest absolute Gasteiger partial charge is 0.260 e. The number of nitrogens with one attached hydrogen (secondary N) is 2. The topological polar surface area (TPSA) is 70.2 Å². The van der Waals surface area contributed by atoms with Crippen molar-refractivity contribution < 1.29 is 4.74 Å². The zero-order valence-electron chi connectivity index (χ0n) is 14.6. The first kappa shape index (κ1) is 16.5. The lowest BCUT2D eigenvalue weighted by molar-refractivity contribution is -0.0294. The molecule has 2 aliphatic heterocycles. The van der Waals surface area contributed by atoms with Crippen LogP contribution < -0.4 is 10.9 Å². The summed E-state index contributed by atoms with van der Waals surface area (Å²) in [6, 6.07) is 7.45. The lowest BCUT2D eigenvalue weighted by Gasteiger charge is -2.48. The molecule has 2 N–H and O–H groups in total. The number of rotatable bonds is 4. The van der Waals surface area contributed by atoms with Gasteiger partial charge in [-0.05, 0) is 50.9 Å². The summed E-state index contributed by atoms with van der Waals surface area (Å²) >= 11 is 0. The van der Waals surface area contributed by atoms with Gasteiger partial charge in [0.05, 0.1) is 10.9 Å². The van der Waals surface area contributed by atoms with Crippen LogP contribution in [0.2, 0.25) is 0 Å². The number of ether oxygens (including phenoxy) is 1. The molecule has 0 atom stereocenters. The van der Waals surface area contributed by atoms with Crippen molar-refractivity contribution in [2.45, 2.75) is 37.6 Å². The van der Waals surface area contributed by atoms with Gasteiger partial charge in [-0.15, -0.1) is 0 Å². The van der Waals surface area contributed by atoms with Crippen LogP contribution in [-0.4, -0.2) is 53.3 Å². The highest BCUT2D eigenvalue weighted by molar-refractivity contribution is 5.78. The molecular formula is C19H26N4O2. The molecule has 0 bridgehead atoms. The Morgan fingerprint density at radius 3 is 2.72 bits per heavy atom. The van der Waals surface area contributed by atoms with Gasteiger partial charge in [-0.3, -0.25) is 14.7 Å². The monoisotopic (exact) mass is 342 g/mol. The summed E-state index contributed by atoms with van der Waals surface area (Å²) in [5.74, 6) is 0.562. The third-order valence-electron chi connectivity index (χ3n) is 5.65. The van der Waals surface area contributed by atoms with Crippen molar-refractivity contribution in [1.82, 2.24) is 14.9 Å². The highest BCUT2D eigenvalue weighted by Gasteiger charge is 2.38. The Kier molecular flexibility index (Phi) is 4.72. The Balaban J connectivity index is 1.55. The highest BCUT2D eigenvalue weighted by atomic mass is 16.5. The van der Waals surface area contributed by atoms with Crippen LogP contribution in [0.3, 0.4) is 0 Å². The number of piperidine rings is 1. The van der Waals surface area contributed by atoms with Crippen LogP contribution in [-0.2, 0) is 4.74 Å². The maximum atomic E-state index is 12.3. The second kappa shape index (κ2) is 7.14. The Bertz CT molecular complexity index is 776. The molecule has 4 rings (SSSR count). The van der Waals surface area contributed by atoms with Gasteiger partial charge in [-0.25, -0.2) is 4.98 Å². The van der Waals surface area contributed by atoms with Crippen molar-refractivity contribution >= 4 is 16.9 Å². The molecule has 0 aliphatic carbocycles. The lowest BCUT2D eigenvalue weighted by atomic mass is 9.86. The molecule has 6 heteroatoms. The van der Waals surface area contributed by atoms with Crippen LogP contribution in [0.15, 0.2) is 29.1 Å². The number of likely N-dealkylation sites (tertiary alicyclic amines) is 1. The second-order valence-corrected chi connectivity index (χ2v) is 7.17. The maximum absolute atomic E-state index is 12.3. The lowest BCUT2D eigenvalue weighted by Crippen LogP contribution is -2.57. The van der Waals surface area contributed by atoms with Gasteiger partial charge in [0.25, 0.3) is 5.56 Å². The fourth-order valence-corrected chi connectivity index (χ4v) is 4.14. The van der Waals surface area contributed by atoms with Gasteiger partial charge >= 0.3 is 0 Å². The first-order valence-electron chi connectivity index (χ1n) is 9.33. The number of anilines is 1. The quantitative estimate of drug-likeness (QED) is 0.893. The summed E-state index contributed by atoms with van der Waals surface area (Å²) in [7, 11) is 0. The van der Waals surface area contributed by atoms with E-state index in [9.17, 15) is 4.79 Å². The predicted molar refractivity (Wildman–Crippen MR) is 99.1 cm³/mol. The number of hydrogen-bond acceptors (Lipinski definition) is 5. The largest absolute Gasteiger partial charge is 0.381 e. The summed E-state index contributed by atoms with van der Waals surface area (Å²) in [5, 5.41) is 4.05. The Labute approximate surface area is 147 Å². The Morgan fingerprint density at radius 1 is 1.16 bits per heavy atom. The fraction of sp³-hybridized carbons (Fsp3) is 0.579. The van der Waals surface area contributed by atoms with Crippen molar-refractivity contribution in [3.8, 4) is 0 Å². The number of benzene rings is 1. The highest BCUT2D eigenvalue weighted by Crippen LogP contribution is 2.31. The van der Waals surface area contributed by atoms with Crippen LogP contribution in [0.5, 0.6) is 0 Å². The Hall–Kier alpha value is -1.92. The SMILES string of the molecule is O=c1[nH]c(NCC2(N3CCCCC3)CCOCC2)nc2ccccc12. The van der Waals surface area contributed by atoms with E-state index in [1.54, 1.807) is 6.07 Å². The molecule has 134 valence electrons. The fourth-order valence-electron chi connectivity index (χ4n) is 4.14. The number of aromatic nitrogens is 2. The zero-order chi connectivity index (χ0) is 17.1. The number of aromatic amines is 1. The first-order valence-corrected chi connectivity index (χ1v) is 9.33. The average molecular weight is 342 g/mol. The molecule has 0 unspecified atom stereocenters. The van der Waals surface area contributed by atoms with Crippen LogP contribution in [0, 0.1) is 0 Å². The molecule has 2 saturated heterocycles. The van der Waals surface area contributed by atoms with E-state index in [0.717, 1.165) is 51.2 Å². The summed E-state index contributed by atoms with van der Waals surface area (Å²) in [5.41, 5.74) is 0.739. The van der Waals surface area contributed by atoms with E-state index in [1.165, 1.54) is 19.3 Å². The van der Waals surface area contributed by atoms with Gasteiger partial charge in [0.15, 0.2) is 0 Å². The third kappa shape index (κ3) is 3.41. The van der Waals surface area contributed by atoms with E-state index < -0.39 is 0 Å². The molecule has 1 aromatic carbocycles. The van der Waals surface area contributed by atoms with Crippen molar-refractivity contribution in [1.29, 1.82) is 0 Å². The van der Waals surface area contributed by atoms with Gasteiger partial charge in [0.1, 0.15) is 0 Å². The third-order valence-corrected chi connectivity index (χ3v) is 5.65. The molecule has 2 aliphatic rings. The molecule has 2 fully saturated rings.